The Morgan fingerprint density at radius 2 is 2.03 bits per heavy atom. The highest BCUT2D eigenvalue weighted by Gasteiger charge is 2.27. The zero-order chi connectivity index (χ0) is 19.8. The molecule has 0 saturated heterocycles. The van der Waals surface area contributed by atoms with E-state index in [1.54, 1.807) is 6.07 Å². The van der Waals surface area contributed by atoms with Crippen LogP contribution in [-0.4, -0.2) is 34.1 Å². The van der Waals surface area contributed by atoms with E-state index in [0.29, 0.717) is 36.0 Å². The topological polar surface area (TPSA) is 99.4 Å². The minimum atomic E-state index is -0.290. The largest absolute Gasteiger partial charge is 0.486 e. The Bertz CT molecular complexity index is 1080. The van der Waals surface area contributed by atoms with Crippen molar-refractivity contribution in [1.82, 2.24) is 20.3 Å². The summed E-state index contributed by atoms with van der Waals surface area (Å²) in [7, 11) is 0. The second-order valence-corrected chi connectivity index (χ2v) is 7.13. The van der Waals surface area contributed by atoms with Crippen LogP contribution in [0.4, 0.5) is 0 Å². The Morgan fingerprint density at radius 1 is 1.17 bits per heavy atom. The average Bonchev–Trinajstić information content (AvgIpc) is 3.23. The second kappa shape index (κ2) is 7.20. The van der Waals surface area contributed by atoms with Gasteiger partial charge in [-0.05, 0) is 44.4 Å². The van der Waals surface area contributed by atoms with Gasteiger partial charge in [-0.2, -0.15) is 0 Å². The van der Waals surface area contributed by atoms with Gasteiger partial charge in [-0.1, -0.05) is 0 Å². The Balaban J connectivity index is 1.41. The SMILES string of the molecule is Cc1ncc2c(n1)CCCC2NC(=O)c1ncoc1-c1ccc2c(c1)OCCO2. The van der Waals surface area contributed by atoms with E-state index >= 15 is 0 Å². The fourth-order valence-electron chi connectivity index (χ4n) is 3.82. The van der Waals surface area contributed by atoms with Gasteiger partial charge in [0, 0.05) is 23.0 Å². The van der Waals surface area contributed by atoms with E-state index in [2.05, 4.69) is 20.3 Å². The van der Waals surface area contributed by atoms with Crippen molar-refractivity contribution in [3.63, 3.8) is 0 Å². The molecule has 0 saturated carbocycles. The number of benzene rings is 1. The quantitative estimate of drug-likeness (QED) is 0.731. The summed E-state index contributed by atoms with van der Waals surface area (Å²) in [5, 5.41) is 3.07. The van der Waals surface area contributed by atoms with Crippen molar-refractivity contribution < 1.29 is 18.7 Å². The molecular formula is C21H20N4O4. The van der Waals surface area contributed by atoms with E-state index in [1.807, 2.05) is 25.3 Å². The normalized spacial score (nSPS) is 17.5. The van der Waals surface area contributed by atoms with Gasteiger partial charge < -0.3 is 19.2 Å². The summed E-state index contributed by atoms with van der Waals surface area (Å²) in [5.41, 5.74) is 2.92. The molecule has 0 radical (unpaired) electrons. The molecule has 1 aliphatic carbocycles. The molecule has 8 heteroatoms. The number of carbonyl (C=O) groups is 1. The zero-order valence-electron chi connectivity index (χ0n) is 16.0. The zero-order valence-corrected chi connectivity index (χ0v) is 16.0. The second-order valence-electron chi connectivity index (χ2n) is 7.13. The van der Waals surface area contributed by atoms with Crippen molar-refractivity contribution in [2.45, 2.75) is 32.2 Å². The third kappa shape index (κ3) is 3.30. The van der Waals surface area contributed by atoms with Gasteiger partial charge in [0.05, 0.1) is 6.04 Å². The number of nitrogens with one attached hydrogen (secondary N) is 1. The van der Waals surface area contributed by atoms with Gasteiger partial charge in [-0.3, -0.25) is 4.79 Å². The van der Waals surface area contributed by atoms with Gasteiger partial charge in [0.15, 0.2) is 29.3 Å². The van der Waals surface area contributed by atoms with Gasteiger partial charge in [-0.25, -0.2) is 15.0 Å². The van der Waals surface area contributed by atoms with E-state index in [9.17, 15) is 4.79 Å². The lowest BCUT2D eigenvalue weighted by Crippen LogP contribution is -2.32. The van der Waals surface area contributed by atoms with Crippen LogP contribution in [-0.2, 0) is 6.42 Å². The van der Waals surface area contributed by atoms with E-state index in [-0.39, 0.29) is 17.6 Å². The monoisotopic (exact) mass is 392 g/mol. The van der Waals surface area contributed by atoms with E-state index < -0.39 is 0 Å². The molecular weight excluding hydrogens is 372 g/mol. The fraction of sp³-hybridized carbons (Fsp3) is 0.333. The minimum absolute atomic E-state index is 0.142. The summed E-state index contributed by atoms with van der Waals surface area (Å²) < 4.78 is 16.7. The van der Waals surface area contributed by atoms with E-state index in [0.717, 1.165) is 36.3 Å². The molecule has 1 N–H and O–H groups in total. The van der Waals surface area contributed by atoms with Crippen LogP contribution in [0.5, 0.6) is 11.5 Å². The molecule has 1 amide bonds. The van der Waals surface area contributed by atoms with Gasteiger partial charge >= 0.3 is 0 Å². The van der Waals surface area contributed by atoms with Crippen LogP contribution in [0, 0.1) is 6.92 Å². The first-order valence-electron chi connectivity index (χ1n) is 9.66. The van der Waals surface area contributed by atoms with Gasteiger partial charge in [0.2, 0.25) is 0 Å². The Labute approximate surface area is 167 Å². The Kier molecular flexibility index (Phi) is 4.38. The molecule has 2 aliphatic rings. The molecule has 0 bridgehead atoms. The number of oxazole rings is 1. The first-order valence-corrected chi connectivity index (χ1v) is 9.66. The van der Waals surface area contributed by atoms with E-state index in [4.69, 9.17) is 13.9 Å². The molecule has 1 unspecified atom stereocenters. The van der Waals surface area contributed by atoms with Gasteiger partial charge in [0.1, 0.15) is 19.0 Å². The first-order chi connectivity index (χ1) is 14.2. The molecule has 1 aromatic carbocycles. The van der Waals surface area contributed by atoms with Crippen molar-refractivity contribution in [1.29, 1.82) is 0 Å². The van der Waals surface area contributed by atoms with Crippen LogP contribution >= 0.6 is 0 Å². The van der Waals surface area contributed by atoms with Crippen LogP contribution in [0.2, 0.25) is 0 Å². The van der Waals surface area contributed by atoms with Crippen LogP contribution < -0.4 is 14.8 Å². The average molecular weight is 392 g/mol. The summed E-state index contributed by atoms with van der Waals surface area (Å²) in [6.45, 7) is 2.88. The van der Waals surface area contributed by atoms with Crippen molar-refractivity contribution in [2.75, 3.05) is 13.2 Å². The summed E-state index contributed by atoms with van der Waals surface area (Å²) >= 11 is 0. The molecule has 0 fully saturated rings. The molecule has 8 nitrogen and oxygen atoms in total. The molecule has 2 aromatic heterocycles. The Morgan fingerprint density at radius 3 is 2.93 bits per heavy atom. The number of nitrogens with zero attached hydrogens (tertiary/aromatic N) is 3. The standard InChI is InChI=1S/C21H20N4O4/c1-12-22-10-14-15(24-12)3-2-4-16(14)25-21(26)19-20(29-11-23-19)13-5-6-17-18(9-13)28-8-7-27-17/h5-6,9-11,16H,2-4,7-8H2,1H3,(H,25,26). The molecule has 3 aromatic rings. The molecule has 1 atom stereocenters. The maximum atomic E-state index is 13.0. The number of amides is 1. The highest BCUT2D eigenvalue weighted by atomic mass is 16.6. The van der Waals surface area contributed by atoms with Crippen molar-refractivity contribution in [3.05, 3.63) is 53.6 Å². The van der Waals surface area contributed by atoms with Crippen molar-refractivity contribution in [2.24, 2.45) is 0 Å². The van der Waals surface area contributed by atoms with Gasteiger partial charge in [0.25, 0.3) is 5.91 Å². The lowest BCUT2D eigenvalue weighted by atomic mass is 9.92. The molecule has 5 rings (SSSR count). The van der Waals surface area contributed by atoms with Crippen LogP contribution in [0.15, 0.2) is 35.2 Å². The van der Waals surface area contributed by atoms with Crippen molar-refractivity contribution in [3.8, 4) is 22.8 Å². The summed E-state index contributed by atoms with van der Waals surface area (Å²) in [5.74, 6) is 2.16. The van der Waals surface area contributed by atoms with Gasteiger partial charge in [-0.15, -0.1) is 0 Å². The molecule has 3 heterocycles. The lowest BCUT2D eigenvalue weighted by Gasteiger charge is -2.25. The third-order valence-corrected chi connectivity index (χ3v) is 5.19. The summed E-state index contributed by atoms with van der Waals surface area (Å²) in [6, 6.07) is 5.30. The number of carbonyl (C=O) groups excluding carboxylic acids is 1. The molecule has 1 aliphatic heterocycles. The molecule has 0 spiro atoms. The number of aryl methyl sites for hydroxylation is 2. The lowest BCUT2D eigenvalue weighted by molar-refractivity contribution is 0.0928. The van der Waals surface area contributed by atoms with Crippen LogP contribution in [0.25, 0.3) is 11.3 Å². The third-order valence-electron chi connectivity index (χ3n) is 5.19. The number of hydrogen-bond donors (Lipinski definition) is 1. The highest BCUT2D eigenvalue weighted by Crippen LogP contribution is 2.36. The smallest absolute Gasteiger partial charge is 0.274 e. The maximum Gasteiger partial charge on any atom is 0.274 e. The molecule has 29 heavy (non-hydrogen) atoms. The number of ether oxygens (including phenoxy) is 2. The predicted octanol–water partition coefficient (Wildman–Crippen LogP) is 3.02. The highest BCUT2D eigenvalue weighted by molar-refractivity contribution is 5.98. The summed E-state index contributed by atoms with van der Waals surface area (Å²) in [6.07, 6.45) is 5.79. The van der Waals surface area contributed by atoms with E-state index in [1.165, 1.54) is 6.39 Å². The maximum absolute atomic E-state index is 13.0. The van der Waals surface area contributed by atoms with Crippen molar-refractivity contribution >= 4 is 5.91 Å². The Hall–Kier alpha value is -3.42. The number of fused-ring (bicyclic) bond motifs is 2. The number of rotatable bonds is 3. The predicted molar refractivity (Wildman–Crippen MR) is 103 cm³/mol. The van der Waals surface area contributed by atoms with Crippen LogP contribution in [0.3, 0.4) is 0 Å². The fourth-order valence-corrected chi connectivity index (χ4v) is 3.82. The molecule has 148 valence electrons. The first kappa shape index (κ1) is 17.7. The minimum Gasteiger partial charge on any atom is -0.486 e. The van der Waals surface area contributed by atoms with Crippen LogP contribution in [0.1, 0.15) is 46.5 Å². The number of aromatic nitrogens is 3. The summed E-state index contributed by atoms with van der Waals surface area (Å²) in [4.78, 5) is 26.0. The number of hydrogen-bond acceptors (Lipinski definition) is 7.